The van der Waals surface area contributed by atoms with Gasteiger partial charge in [-0.25, -0.2) is 14.2 Å². The summed E-state index contributed by atoms with van der Waals surface area (Å²) in [6.07, 6.45) is 2.84. The Labute approximate surface area is 239 Å². The largest absolute Gasteiger partial charge is 0.445 e. The molecule has 1 aromatic heterocycles. The third-order valence-corrected chi connectivity index (χ3v) is 6.41. The van der Waals surface area contributed by atoms with E-state index >= 15 is 0 Å². The summed E-state index contributed by atoms with van der Waals surface area (Å²) < 4.78 is 19.3. The van der Waals surface area contributed by atoms with Crippen LogP contribution in [0, 0.1) is 5.82 Å². The van der Waals surface area contributed by atoms with Crippen molar-refractivity contribution in [3.63, 3.8) is 0 Å². The third kappa shape index (κ3) is 9.25. The van der Waals surface area contributed by atoms with E-state index in [1.54, 1.807) is 12.1 Å². The predicted molar refractivity (Wildman–Crippen MR) is 162 cm³/mol. The maximum atomic E-state index is 14.0. The quantitative estimate of drug-likeness (QED) is 0.255. The lowest BCUT2D eigenvalue weighted by Crippen LogP contribution is -2.48. The molecular weight excluding hydrogens is 509 g/mol. The number of hydrogen-bond acceptors (Lipinski definition) is 5. The van der Waals surface area contributed by atoms with Crippen LogP contribution in [-0.4, -0.2) is 45.5 Å². The molecule has 4 rings (SSSR count). The number of aromatic amines is 1. The summed E-state index contributed by atoms with van der Waals surface area (Å²) in [5.74, 6) is -0.426. The molecule has 1 saturated heterocycles. The maximum absolute atomic E-state index is 14.0. The van der Waals surface area contributed by atoms with Crippen LogP contribution in [0.4, 0.5) is 9.18 Å². The molecule has 3 aromatic rings. The molecule has 2 atom stereocenters. The number of nitrogens with one attached hydrogen (secondary N) is 3. The smallest absolute Gasteiger partial charge is 0.408 e. The van der Waals surface area contributed by atoms with Gasteiger partial charge in [0.05, 0.1) is 12.1 Å². The van der Waals surface area contributed by atoms with Crippen LogP contribution in [0.15, 0.2) is 74.0 Å². The van der Waals surface area contributed by atoms with E-state index in [0.29, 0.717) is 17.4 Å². The SMILES string of the molecule is C=C.C=C(C[C@H](NC(=O)OCc1ccccc1)C(=O)NCc1nc2c(F)cccc2[nH]1)N1CCCC[C@@H]1C.CC.[HH].[HH]. The lowest BCUT2D eigenvalue weighted by molar-refractivity contribution is -0.123. The maximum Gasteiger partial charge on any atom is 0.408 e. The van der Waals surface area contributed by atoms with Gasteiger partial charge < -0.3 is 25.3 Å². The van der Waals surface area contributed by atoms with E-state index in [4.69, 9.17) is 4.74 Å². The Kier molecular flexibility index (Phi) is 13.4. The Balaban J connectivity index is 0.00000269. The van der Waals surface area contributed by atoms with Crippen LogP contribution in [0.3, 0.4) is 0 Å². The highest BCUT2D eigenvalue weighted by Crippen LogP contribution is 2.23. The average molecular weight is 556 g/mol. The molecule has 9 heteroatoms. The predicted octanol–water partition coefficient (Wildman–Crippen LogP) is 6.71. The summed E-state index contributed by atoms with van der Waals surface area (Å²) in [5, 5.41) is 5.49. The first kappa shape index (κ1) is 32.1. The van der Waals surface area contributed by atoms with E-state index < -0.39 is 23.9 Å². The number of benzene rings is 2. The molecule has 3 N–H and O–H groups in total. The number of aromatic nitrogens is 2. The molecule has 1 fully saturated rings. The summed E-state index contributed by atoms with van der Waals surface area (Å²) in [6.45, 7) is 17.4. The Morgan fingerprint density at radius 1 is 1.18 bits per heavy atom. The first-order valence-corrected chi connectivity index (χ1v) is 13.7. The number of rotatable bonds is 9. The van der Waals surface area contributed by atoms with Crippen molar-refractivity contribution < 1.29 is 21.6 Å². The molecule has 40 heavy (non-hydrogen) atoms. The molecule has 220 valence electrons. The molecule has 0 spiro atoms. The lowest BCUT2D eigenvalue weighted by Gasteiger charge is -2.37. The Bertz CT molecular complexity index is 1240. The van der Waals surface area contributed by atoms with Crippen molar-refractivity contribution in [2.45, 2.75) is 71.7 Å². The Hall–Kier alpha value is -4.14. The number of amides is 2. The molecule has 1 aliphatic rings. The second-order valence-electron chi connectivity index (χ2n) is 9.10. The van der Waals surface area contributed by atoms with Crippen LogP contribution < -0.4 is 10.6 Å². The van der Waals surface area contributed by atoms with Crippen LogP contribution >= 0.6 is 0 Å². The van der Waals surface area contributed by atoms with Gasteiger partial charge in [0, 0.05) is 27.6 Å². The second kappa shape index (κ2) is 16.7. The minimum absolute atomic E-state index is 0. The number of hydrogen-bond donors (Lipinski definition) is 3. The van der Waals surface area contributed by atoms with Crippen molar-refractivity contribution in [2.24, 2.45) is 0 Å². The first-order valence-electron chi connectivity index (χ1n) is 13.7. The highest BCUT2D eigenvalue weighted by Gasteiger charge is 2.27. The summed E-state index contributed by atoms with van der Waals surface area (Å²) in [5.41, 5.74) is 2.40. The molecule has 8 nitrogen and oxygen atoms in total. The van der Waals surface area contributed by atoms with E-state index in [-0.39, 0.29) is 27.9 Å². The van der Waals surface area contributed by atoms with Crippen molar-refractivity contribution in [3.05, 3.63) is 91.2 Å². The van der Waals surface area contributed by atoms with E-state index in [0.717, 1.165) is 37.1 Å². The zero-order valence-electron chi connectivity index (χ0n) is 23.8. The fourth-order valence-corrected chi connectivity index (χ4v) is 4.46. The number of halogens is 1. The van der Waals surface area contributed by atoms with Gasteiger partial charge in [0.15, 0.2) is 5.82 Å². The fraction of sp³-hybridized carbons (Fsp3) is 0.387. The van der Waals surface area contributed by atoms with Gasteiger partial charge in [-0.3, -0.25) is 4.79 Å². The van der Waals surface area contributed by atoms with Crippen molar-refractivity contribution >= 4 is 23.0 Å². The van der Waals surface area contributed by atoms with Crippen LogP contribution in [0.5, 0.6) is 0 Å². The van der Waals surface area contributed by atoms with Crippen molar-refractivity contribution in [1.29, 1.82) is 0 Å². The molecule has 0 unspecified atom stereocenters. The van der Waals surface area contributed by atoms with Crippen LogP contribution in [-0.2, 0) is 22.7 Å². The highest BCUT2D eigenvalue weighted by molar-refractivity contribution is 5.86. The number of carbonyl (C=O) groups excluding carboxylic acids is 2. The molecule has 0 saturated carbocycles. The zero-order chi connectivity index (χ0) is 29.5. The lowest BCUT2D eigenvalue weighted by atomic mass is 10.0. The number of ether oxygens (including phenoxy) is 1. The normalized spacial score (nSPS) is 15.0. The number of piperidine rings is 1. The molecule has 1 aliphatic heterocycles. The van der Waals surface area contributed by atoms with Gasteiger partial charge in [0.1, 0.15) is 24.0 Å². The molecule has 2 aromatic carbocycles. The van der Waals surface area contributed by atoms with E-state index in [1.807, 2.05) is 44.2 Å². The van der Waals surface area contributed by atoms with Crippen LogP contribution in [0.1, 0.15) is 60.7 Å². The number of likely N-dealkylation sites (tertiary alicyclic amines) is 1. The zero-order valence-corrected chi connectivity index (χ0v) is 23.8. The van der Waals surface area contributed by atoms with Crippen molar-refractivity contribution in [3.8, 4) is 0 Å². The number of imidazole rings is 1. The number of carbonyl (C=O) groups is 2. The standard InChI is InChI=1S/C27H32FN5O3.C2H6.C2H4.2H2/c1-18-9-6-7-14-33(18)19(2)15-23(31-27(35)36-17-20-10-4-3-5-11-20)26(34)29-16-24-30-22-13-8-12-21(28)25(22)32-24;2*1-2;;/h3-5,8,10-13,18,23H,2,6-7,9,14-17H2,1H3,(H,29,34)(H,30,32)(H,31,35);1-2H3;1-2H2;2*1H/t18-,23-;;;;/m0..../s1. The van der Waals surface area contributed by atoms with Gasteiger partial charge >= 0.3 is 6.09 Å². The second-order valence-corrected chi connectivity index (χ2v) is 9.10. The molecule has 2 heterocycles. The number of alkyl carbamates (subject to hydrolysis) is 1. The molecule has 2 amide bonds. The number of fused-ring (bicyclic) bond motifs is 1. The highest BCUT2D eigenvalue weighted by atomic mass is 19.1. The summed E-state index contributed by atoms with van der Waals surface area (Å²) >= 11 is 0. The van der Waals surface area contributed by atoms with E-state index in [1.165, 1.54) is 6.07 Å². The molecule has 0 bridgehead atoms. The monoisotopic (exact) mass is 555 g/mol. The Morgan fingerprint density at radius 2 is 1.90 bits per heavy atom. The molecule has 0 radical (unpaired) electrons. The number of nitrogens with zero attached hydrogens (tertiary/aromatic N) is 2. The van der Waals surface area contributed by atoms with Gasteiger partial charge in [-0.15, -0.1) is 13.2 Å². The minimum atomic E-state index is -0.893. The Morgan fingerprint density at radius 3 is 2.58 bits per heavy atom. The third-order valence-electron chi connectivity index (χ3n) is 6.41. The van der Waals surface area contributed by atoms with E-state index in [9.17, 15) is 14.0 Å². The topological polar surface area (TPSA) is 99.3 Å². The number of H-pyrrole nitrogens is 1. The van der Waals surface area contributed by atoms with E-state index in [2.05, 4.69) is 52.2 Å². The van der Waals surface area contributed by atoms with Gasteiger partial charge in [-0.1, -0.05) is 56.8 Å². The van der Waals surface area contributed by atoms with Crippen LogP contribution in [0.2, 0.25) is 0 Å². The molecular formula is C31H46FN5O3. The molecule has 0 aliphatic carbocycles. The van der Waals surface area contributed by atoms with Crippen molar-refractivity contribution in [2.75, 3.05) is 6.54 Å². The van der Waals surface area contributed by atoms with Gasteiger partial charge in [0.25, 0.3) is 0 Å². The average Bonchev–Trinajstić information content (AvgIpc) is 3.42. The fourth-order valence-electron chi connectivity index (χ4n) is 4.46. The van der Waals surface area contributed by atoms with Crippen LogP contribution in [0.25, 0.3) is 11.0 Å². The first-order chi connectivity index (χ1) is 19.4. The van der Waals surface area contributed by atoms with Gasteiger partial charge in [-0.05, 0) is 43.9 Å². The summed E-state index contributed by atoms with van der Waals surface area (Å²) in [4.78, 5) is 35.1. The van der Waals surface area contributed by atoms with Gasteiger partial charge in [0.2, 0.25) is 5.91 Å². The summed E-state index contributed by atoms with van der Waals surface area (Å²) in [6, 6.07) is 13.4. The minimum Gasteiger partial charge on any atom is -0.445 e. The number of para-hydroxylation sites is 1. The van der Waals surface area contributed by atoms with Crippen molar-refractivity contribution in [1.82, 2.24) is 25.5 Å². The summed E-state index contributed by atoms with van der Waals surface area (Å²) in [7, 11) is 0. The van der Waals surface area contributed by atoms with Gasteiger partial charge in [-0.2, -0.15) is 0 Å².